The molecule has 10 nitrogen and oxygen atoms in total. The zero-order chi connectivity index (χ0) is 31.6. The topological polar surface area (TPSA) is 163 Å². The quantitative estimate of drug-likeness (QED) is 0.166. The van der Waals surface area contributed by atoms with Gasteiger partial charge >= 0.3 is 19.1 Å². The van der Waals surface area contributed by atoms with Crippen molar-refractivity contribution in [3.05, 3.63) is 53.6 Å². The van der Waals surface area contributed by atoms with Gasteiger partial charge in [-0.05, 0) is 81.7 Å². The number of ether oxygens (including phenoxy) is 2. The third-order valence-electron chi connectivity index (χ3n) is 6.79. The number of aromatic hydroxyl groups is 2. The first-order chi connectivity index (χ1) is 19.6. The van der Waals surface area contributed by atoms with Gasteiger partial charge in [0.05, 0.1) is 18.9 Å². The van der Waals surface area contributed by atoms with Gasteiger partial charge in [-0.2, -0.15) is 0 Å². The molecule has 0 unspecified atom stereocenters. The van der Waals surface area contributed by atoms with Gasteiger partial charge in [-0.15, -0.1) is 0 Å². The lowest BCUT2D eigenvalue weighted by Crippen LogP contribution is -2.48. The highest BCUT2D eigenvalue weighted by Crippen LogP contribution is 2.29. The van der Waals surface area contributed by atoms with E-state index in [-0.39, 0.29) is 29.3 Å². The van der Waals surface area contributed by atoms with E-state index in [1.165, 1.54) is 25.3 Å². The lowest BCUT2D eigenvalue weighted by atomic mass is 9.78. The second-order valence-electron chi connectivity index (χ2n) is 12.0. The summed E-state index contributed by atoms with van der Waals surface area (Å²) >= 11 is 0. The minimum Gasteiger partial charge on any atom is -0.508 e. The molecule has 2 aromatic carbocycles. The van der Waals surface area contributed by atoms with E-state index >= 15 is 0 Å². The van der Waals surface area contributed by atoms with Crippen molar-refractivity contribution in [1.82, 2.24) is 5.32 Å². The maximum atomic E-state index is 13.8. The number of hydrogen-bond acceptors (Lipinski definition) is 9. The summed E-state index contributed by atoms with van der Waals surface area (Å²) in [7, 11) is -0.734. The fourth-order valence-electron chi connectivity index (χ4n) is 4.80. The highest BCUT2D eigenvalue weighted by Gasteiger charge is 2.38. The van der Waals surface area contributed by atoms with Gasteiger partial charge in [-0.25, -0.2) is 4.79 Å². The third-order valence-corrected chi connectivity index (χ3v) is 6.79. The molecule has 230 valence electrons. The number of nitrogens with one attached hydrogen (secondary N) is 1. The highest BCUT2D eigenvalue weighted by atomic mass is 16.6. The number of carbonyl (C=O) groups excluding carboxylic acids is 3. The van der Waals surface area contributed by atoms with Crippen molar-refractivity contribution >= 4 is 30.4 Å². The number of benzene rings is 2. The lowest BCUT2D eigenvalue weighted by Gasteiger charge is -2.30. The van der Waals surface area contributed by atoms with E-state index in [0.29, 0.717) is 31.2 Å². The maximum absolute atomic E-state index is 13.8. The van der Waals surface area contributed by atoms with Crippen LogP contribution in [0.2, 0.25) is 0 Å². The molecule has 0 aromatic heterocycles. The Labute approximate surface area is 248 Å². The van der Waals surface area contributed by atoms with E-state index in [2.05, 4.69) is 5.32 Å². The molecule has 0 heterocycles. The molecular weight excluding hydrogens is 541 g/mol. The Hall–Kier alpha value is -3.57. The molecule has 2 aromatic rings. The summed E-state index contributed by atoms with van der Waals surface area (Å²) < 4.78 is 10.7. The van der Waals surface area contributed by atoms with Crippen LogP contribution in [-0.2, 0) is 36.7 Å². The van der Waals surface area contributed by atoms with Gasteiger partial charge in [-0.3, -0.25) is 9.59 Å². The van der Waals surface area contributed by atoms with Crippen LogP contribution in [0.4, 0.5) is 0 Å². The first-order valence-electron chi connectivity index (χ1n) is 14.2. The van der Waals surface area contributed by atoms with Gasteiger partial charge in [-0.1, -0.05) is 38.1 Å². The second-order valence-corrected chi connectivity index (χ2v) is 12.0. The van der Waals surface area contributed by atoms with Crippen molar-refractivity contribution in [3.63, 3.8) is 0 Å². The maximum Gasteiger partial charge on any atom is 0.492 e. The SMILES string of the molecule is COC(=O)[C@H](Cc1ccc(O)c(B(O)O)c1)NC(=O)[C@H](CC(C)C)[C@H](CCCc1ccc(O)cc1)C(=O)OC(C)(C)C. The standard InChI is InChI=1S/C31H44BNO9/c1-19(2)16-24(23(29(37)42-31(3,4)5)9-7-8-20-10-13-22(34)14-11-20)28(36)33-26(30(38)41-6)18-21-12-15-27(35)25(17-21)32(39)40/h10-15,17,19,23-24,26,34-35,39-40H,7-9,16,18H2,1-6H3,(H,33,36)/t23-,24+,26-/m0/s1. The summed E-state index contributed by atoms with van der Waals surface area (Å²) in [6.07, 6.45) is 1.88. The van der Waals surface area contributed by atoms with Crippen molar-refractivity contribution in [1.29, 1.82) is 0 Å². The van der Waals surface area contributed by atoms with Crippen LogP contribution in [0.1, 0.15) is 65.0 Å². The van der Waals surface area contributed by atoms with E-state index in [1.807, 2.05) is 26.0 Å². The molecule has 11 heteroatoms. The molecule has 0 fully saturated rings. The average Bonchev–Trinajstić information content (AvgIpc) is 2.89. The van der Waals surface area contributed by atoms with Crippen LogP contribution in [-0.4, -0.2) is 64.0 Å². The Morgan fingerprint density at radius 2 is 1.55 bits per heavy atom. The van der Waals surface area contributed by atoms with Crippen molar-refractivity contribution in [2.75, 3.05) is 7.11 Å². The summed E-state index contributed by atoms with van der Waals surface area (Å²) in [4.78, 5) is 40.0. The van der Waals surface area contributed by atoms with Crippen LogP contribution in [0.15, 0.2) is 42.5 Å². The van der Waals surface area contributed by atoms with E-state index in [9.17, 15) is 34.6 Å². The van der Waals surface area contributed by atoms with Gasteiger partial charge in [0.2, 0.25) is 5.91 Å². The zero-order valence-electron chi connectivity index (χ0n) is 25.3. The van der Waals surface area contributed by atoms with Gasteiger partial charge in [0.15, 0.2) is 0 Å². The number of esters is 2. The van der Waals surface area contributed by atoms with Crippen LogP contribution in [0.25, 0.3) is 0 Å². The number of rotatable bonds is 14. The molecular formula is C31H44BNO9. The molecule has 3 atom stereocenters. The molecule has 0 spiro atoms. The third kappa shape index (κ3) is 11.0. The molecule has 0 aliphatic carbocycles. The van der Waals surface area contributed by atoms with Crippen LogP contribution in [0.5, 0.6) is 11.5 Å². The molecule has 0 bridgehead atoms. The van der Waals surface area contributed by atoms with Crippen LogP contribution < -0.4 is 10.8 Å². The van der Waals surface area contributed by atoms with E-state index < -0.39 is 48.4 Å². The lowest BCUT2D eigenvalue weighted by molar-refractivity contribution is -0.164. The van der Waals surface area contributed by atoms with Gasteiger partial charge < -0.3 is 35.1 Å². The smallest absolute Gasteiger partial charge is 0.492 e. The van der Waals surface area contributed by atoms with Gasteiger partial charge in [0.1, 0.15) is 23.1 Å². The van der Waals surface area contributed by atoms with Crippen molar-refractivity contribution in [3.8, 4) is 11.5 Å². The zero-order valence-corrected chi connectivity index (χ0v) is 25.3. The molecule has 1 amide bonds. The predicted molar refractivity (Wildman–Crippen MR) is 159 cm³/mol. The van der Waals surface area contributed by atoms with Crippen LogP contribution >= 0.6 is 0 Å². The predicted octanol–water partition coefficient (Wildman–Crippen LogP) is 2.62. The monoisotopic (exact) mass is 585 g/mol. The largest absolute Gasteiger partial charge is 0.508 e. The molecule has 0 aliphatic rings. The first-order valence-corrected chi connectivity index (χ1v) is 14.2. The van der Waals surface area contributed by atoms with Gasteiger partial charge in [0.25, 0.3) is 0 Å². The number of methoxy groups -OCH3 is 1. The first kappa shape index (κ1) is 34.6. The fourth-order valence-corrected chi connectivity index (χ4v) is 4.80. The van der Waals surface area contributed by atoms with E-state index in [0.717, 1.165) is 5.56 Å². The number of phenolic OH excluding ortho intramolecular Hbond substituents is 2. The highest BCUT2D eigenvalue weighted by molar-refractivity contribution is 6.59. The minimum absolute atomic E-state index is 0.0464. The van der Waals surface area contributed by atoms with Crippen molar-refractivity contribution < 1.29 is 44.1 Å². The summed E-state index contributed by atoms with van der Waals surface area (Å²) in [5, 5.41) is 41.3. The Bertz CT molecular complexity index is 1190. The van der Waals surface area contributed by atoms with E-state index in [4.69, 9.17) is 9.47 Å². The molecule has 5 N–H and O–H groups in total. The van der Waals surface area contributed by atoms with Gasteiger partial charge in [0, 0.05) is 11.9 Å². The second kappa shape index (κ2) is 15.6. The number of hydrogen-bond donors (Lipinski definition) is 5. The van der Waals surface area contributed by atoms with E-state index in [1.54, 1.807) is 32.9 Å². The molecule has 0 radical (unpaired) electrons. The Morgan fingerprint density at radius 3 is 2.10 bits per heavy atom. The summed E-state index contributed by atoms with van der Waals surface area (Å²) in [6.45, 7) is 9.17. The summed E-state index contributed by atoms with van der Waals surface area (Å²) in [5.41, 5.74) is 0.518. The molecule has 2 rings (SSSR count). The number of amides is 1. The number of phenols is 2. The molecule has 0 saturated carbocycles. The summed E-state index contributed by atoms with van der Waals surface area (Å²) in [6, 6.07) is 9.78. The van der Waals surface area contributed by atoms with Crippen molar-refractivity contribution in [2.45, 2.75) is 78.4 Å². The van der Waals surface area contributed by atoms with Crippen LogP contribution in [0.3, 0.4) is 0 Å². The minimum atomic E-state index is -1.93. The fraction of sp³-hybridized carbons (Fsp3) is 0.516. The Morgan fingerprint density at radius 1 is 0.929 bits per heavy atom. The van der Waals surface area contributed by atoms with Crippen LogP contribution in [0, 0.1) is 17.8 Å². The normalized spacial score (nSPS) is 13.6. The average molecular weight is 586 g/mol. The summed E-state index contributed by atoms with van der Waals surface area (Å²) in [5.74, 6) is -3.41. The Kier molecular flexibility index (Phi) is 12.9. The molecule has 0 saturated heterocycles. The molecule has 0 aliphatic heterocycles. The molecule has 42 heavy (non-hydrogen) atoms. The number of carbonyl (C=O) groups is 3. The van der Waals surface area contributed by atoms with Crippen molar-refractivity contribution in [2.24, 2.45) is 17.8 Å². The number of aryl methyl sites for hydroxylation is 1. The Balaban J connectivity index is 2.35.